The van der Waals surface area contributed by atoms with Crippen LogP contribution in [-0.2, 0) is 17.8 Å². The molecule has 110 valence electrons. The van der Waals surface area contributed by atoms with Gasteiger partial charge in [-0.1, -0.05) is 30.3 Å². The van der Waals surface area contributed by atoms with Gasteiger partial charge in [0, 0.05) is 12.0 Å². The Bertz CT molecular complexity index is 609. The Morgan fingerprint density at radius 3 is 2.62 bits per heavy atom. The SMILES string of the molecule is CC(Cl)C(=O)Cc1cc(OCc2ccccc2)ccc1O. The van der Waals surface area contributed by atoms with Crippen LogP contribution >= 0.6 is 11.6 Å². The number of hydrogen-bond acceptors (Lipinski definition) is 3. The van der Waals surface area contributed by atoms with Gasteiger partial charge in [-0.15, -0.1) is 11.6 Å². The van der Waals surface area contributed by atoms with E-state index in [2.05, 4.69) is 0 Å². The molecule has 1 unspecified atom stereocenters. The number of phenols is 1. The van der Waals surface area contributed by atoms with Gasteiger partial charge < -0.3 is 9.84 Å². The fraction of sp³-hybridized carbons (Fsp3) is 0.235. The summed E-state index contributed by atoms with van der Waals surface area (Å²) in [5.74, 6) is 0.557. The molecular formula is C17H17ClO3. The number of benzene rings is 2. The number of Topliss-reactive ketones (excluding diaryl/α,β-unsaturated/α-hetero) is 1. The Morgan fingerprint density at radius 2 is 1.95 bits per heavy atom. The number of ether oxygens (including phenoxy) is 1. The van der Waals surface area contributed by atoms with E-state index in [9.17, 15) is 9.90 Å². The van der Waals surface area contributed by atoms with Crippen molar-refractivity contribution in [3.8, 4) is 11.5 Å². The second-order valence-electron chi connectivity index (χ2n) is 4.82. The molecule has 2 aromatic carbocycles. The van der Waals surface area contributed by atoms with Gasteiger partial charge in [0.25, 0.3) is 0 Å². The number of rotatable bonds is 6. The molecule has 0 aromatic heterocycles. The van der Waals surface area contributed by atoms with Crippen LogP contribution in [0.3, 0.4) is 0 Å². The van der Waals surface area contributed by atoms with E-state index < -0.39 is 5.38 Å². The zero-order valence-corrected chi connectivity index (χ0v) is 12.5. The average molecular weight is 305 g/mol. The lowest BCUT2D eigenvalue weighted by molar-refractivity contribution is -0.117. The van der Waals surface area contributed by atoms with Crippen LogP contribution in [0, 0.1) is 0 Å². The molecule has 0 saturated carbocycles. The summed E-state index contributed by atoms with van der Waals surface area (Å²) in [6.07, 6.45) is 0.0963. The van der Waals surface area contributed by atoms with E-state index in [1.54, 1.807) is 19.1 Å². The highest BCUT2D eigenvalue weighted by molar-refractivity contribution is 6.31. The van der Waals surface area contributed by atoms with Gasteiger partial charge in [0.2, 0.25) is 0 Å². The number of hydrogen-bond donors (Lipinski definition) is 1. The molecule has 0 bridgehead atoms. The van der Waals surface area contributed by atoms with Crippen molar-refractivity contribution >= 4 is 17.4 Å². The number of carbonyl (C=O) groups is 1. The van der Waals surface area contributed by atoms with E-state index in [0.29, 0.717) is 17.9 Å². The van der Waals surface area contributed by atoms with Gasteiger partial charge in [-0.2, -0.15) is 0 Å². The van der Waals surface area contributed by atoms with E-state index in [1.807, 2.05) is 30.3 Å². The smallest absolute Gasteiger partial charge is 0.154 e. The molecule has 0 aliphatic carbocycles. The Kier molecular flexibility index (Phi) is 5.23. The van der Waals surface area contributed by atoms with Gasteiger partial charge in [-0.05, 0) is 30.7 Å². The third-order valence-electron chi connectivity index (χ3n) is 3.11. The fourth-order valence-electron chi connectivity index (χ4n) is 1.86. The van der Waals surface area contributed by atoms with Crippen molar-refractivity contribution in [1.82, 2.24) is 0 Å². The Hall–Kier alpha value is -2.00. The first-order valence-corrected chi connectivity index (χ1v) is 7.15. The van der Waals surface area contributed by atoms with Crippen LogP contribution in [0.5, 0.6) is 11.5 Å². The summed E-state index contributed by atoms with van der Waals surface area (Å²) in [5.41, 5.74) is 1.58. The Labute approximate surface area is 129 Å². The van der Waals surface area contributed by atoms with Crippen molar-refractivity contribution in [2.24, 2.45) is 0 Å². The van der Waals surface area contributed by atoms with E-state index >= 15 is 0 Å². The van der Waals surface area contributed by atoms with Crippen molar-refractivity contribution in [2.45, 2.75) is 25.3 Å². The zero-order valence-electron chi connectivity index (χ0n) is 11.8. The summed E-state index contributed by atoms with van der Waals surface area (Å²) < 4.78 is 5.67. The lowest BCUT2D eigenvalue weighted by Crippen LogP contribution is -2.13. The van der Waals surface area contributed by atoms with Gasteiger partial charge in [0.1, 0.15) is 18.1 Å². The monoisotopic (exact) mass is 304 g/mol. The summed E-state index contributed by atoms with van der Waals surface area (Å²) in [6, 6.07) is 14.7. The normalized spacial score (nSPS) is 11.9. The largest absolute Gasteiger partial charge is 0.508 e. The number of halogens is 1. The molecule has 0 radical (unpaired) electrons. The van der Waals surface area contributed by atoms with E-state index in [1.165, 1.54) is 6.07 Å². The average Bonchev–Trinajstić information content (AvgIpc) is 2.49. The molecule has 4 heteroatoms. The fourth-order valence-corrected chi connectivity index (χ4v) is 1.94. The molecule has 0 fully saturated rings. The van der Waals surface area contributed by atoms with Gasteiger partial charge >= 0.3 is 0 Å². The second-order valence-corrected chi connectivity index (χ2v) is 5.48. The predicted octanol–water partition coefficient (Wildman–Crippen LogP) is 3.71. The van der Waals surface area contributed by atoms with Crippen LogP contribution in [0.25, 0.3) is 0 Å². The van der Waals surface area contributed by atoms with E-state index in [0.717, 1.165) is 5.56 Å². The molecule has 2 aromatic rings. The summed E-state index contributed by atoms with van der Waals surface area (Å²) in [6.45, 7) is 2.06. The second kappa shape index (κ2) is 7.14. The lowest BCUT2D eigenvalue weighted by atomic mass is 10.1. The van der Waals surface area contributed by atoms with Crippen molar-refractivity contribution in [2.75, 3.05) is 0 Å². The van der Waals surface area contributed by atoms with E-state index in [-0.39, 0.29) is 18.0 Å². The molecule has 21 heavy (non-hydrogen) atoms. The minimum atomic E-state index is -0.571. The molecule has 0 spiro atoms. The van der Waals surface area contributed by atoms with Gasteiger partial charge in [-0.25, -0.2) is 0 Å². The molecule has 0 aliphatic rings. The first kappa shape index (κ1) is 15.4. The van der Waals surface area contributed by atoms with Crippen LogP contribution in [0.2, 0.25) is 0 Å². The molecule has 1 N–H and O–H groups in total. The quantitative estimate of drug-likeness (QED) is 0.828. The first-order valence-electron chi connectivity index (χ1n) is 6.71. The van der Waals surface area contributed by atoms with Crippen LogP contribution in [-0.4, -0.2) is 16.3 Å². The maximum Gasteiger partial charge on any atom is 0.154 e. The van der Waals surface area contributed by atoms with Crippen molar-refractivity contribution in [1.29, 1.82) is 0 Å². The number of alkyl halides is 1. The topological polar surface area (TPSA) is 46.5 Å². The number of aromatic hydroxyl groups is 1. The number of ketones is 1. The minimum absolute atomic E-state index is 0.0766. The molecule has 0 amide bonds. The summed E-state index contributed by atoms with van der Waals surface area (Å²) in [4.78, 5) is 11.7. The van der Waals surface area contributed by atoms with Crippen LogP contribution in [0.4, 0.5) is 0 Å². The number of phenolic OH excluding ortho intramolecular Hbond substituents is 1. The van der Waals surface area contributed by atoms with E-state index in [4.69, 9.17) is 16.3 Å². The van der Waals surface area contributed by atoms with Crippen molar-refractivity contribution in [3.05, 3.63) is 59.7 Å². The van der Waals surface area contributed by atoms with Gasteiger partial charge in [0.05, 0.1) is 5.38 Å². The van der Waals surface area contributed by atoms with Crippen molar-refractivity contribution < 1.29 is 14.6 Å². The van der Waals surface area contributed by atoms with Gasteiger partial charge in [-0.3, -0.25) is 4.79 Å². The molecule has 2 rings (SSSR count). The molecule has 0 heterocycles. The molecule has 0 aliphatic heterocycles. The first-order chi connectivity index (χ1) is 10.1. The minimum Gasteiger partial charge on any atom is -0.508 e. The highest BCUT2D eigenvalue weighted by atomic mass is 35.5. The Morgan fingerprint density at radius 1 is 1.24 bits per heavy atom. The molecule has 3 nitrogen and oxygen atoms in total. The molecular weight excluding hydrogens is 288 g/mol. The third-order valence-corrected chi connectivity index (χ3v) is 3.35. The predicted molar refractivity (Wildman–Crippen MR) is 82.9 cm³/mol. The highest BCUT2D eigenvalue weighted by Gasteiger charge is 2.13. The lowest BCUT2D eigenvalue weighted by Gasteiger charge is -2.10. The Balaban J connectivity index is 2.06. The summed E-state index contributed by atoms with van der Waals surface area (Å²) >= 11 is 5.75. The maximum atomic E-state index is 11.7. The van der Waals surface area contributed by atoms with Crippen LogP contribution in [0.15, 0.2) is 48.5 Å². The summed E-state index contributed by atoms with van der Waals surface area (Å²) in [5, 5.41) is 9.23. The molecule has 0 saturated heterocycles. The number of carbonyl (C=O) groups excluding carboxylic acids is 1. The van der Waals surface area contributed by atoms with Crippen molar-refractivity contribution in [3.63, 3.8) is 0 Å². The summed E-state index contributed by atoms with van der Waals surface area (Å²) in [7, 11) is 0. The van der Waals surface area contributed by atoms with Crippen LogP contribution < -0.4 is 4.74 Å². The highest BCUT2D eigenvalue weighted by Crippen LogP contribution is 2.25. The third kappa shape index (κ3) is 4.50. The molecule has 1 atom stereocenters. The maximum absolute atomic E-state index is 11.7. The standard InChI is InChI=1S/C17H17ClO3/c1-12(18)17(20)10-14-9-15(7-8-16(14)19)21-11-13-5-3-2-4-6-13/h2-9,12,19H,10-11H2,1H3. The van der Waals surface area contributed by atoms with Crippen LogP contribution in [0.1, 0.15) is 18.1 Å². The van der Waals surface area contributed by atoms with Gasteiger partial charge in [0.15, 0.2) is 5.78 Å². The zero-order chi connectivity index (χ0) is 15.2.